The molecule has 1 N–H and O–H groups in total. The largest absolute Gasteiger partial charge is 0.346 e. The summed E-state index contributed by atoms with van der Waals surface area (Å²) in [5, 5.41) is 11.4. The van der Waals surface area contributed by atoms with Gasteiger partial charge in [0.15, 0.2) is 5.69 Å². The molecule has 4 rings (SSSR count). The van der Waals surface area contributed by atoms with Crippen LogP contribution < -0.4 is 5.32 Å². The van der Waals surface area contributed by atoms with Crippen molar-refractivity contribution in [1.29, 1.82) is 0 Å². The fourth-order valence-corrected chi connectivity index (χ4v) is 3.08. The normalized spacial score (nSPS) is 10.6. The molecule has 4 aromatic rings. The van der Waals surface area contributed by atoms with Crippen molar-refractivity contribution < 1.29 is 4.79 Å². The summed E-state index contributed by atoms with van der Waals surface area (Å²) in [7, 11) is 0. The van der Waals surface area contributed by atoms with Crippen molar-refractivity contribution in [3.8, 4) is 11.3 Å². The lowest BCUT2D eigenvalue weighted by molar-refractivity contribution is 0.0946. The molecule has 0 bridgehead atoms. The van der Waals surface area contributed by atoms with Crippen molar-refractivity contribution in [1.82, 2.24) is 20.3 Å². The lowest BCUT2D eigenvalue weighted by atomic mass is 10.1. The molecule has 0 fully saturated rings. The van der Waals surface area contributed by atoms with Crippen LogP contribution in [-0.4, -0.2) is 20.9 Å². The summed E-state index contributed by atoms with van der Waals surface area (Å²) in [5.41, 5.74) is 4.09. The van der Waals surface area contributed by atoms with Crippen LogP contribution in [-0.2, 0) is 13.1 Å². The first-order valence-electron chi connectivity index (χ1n) is 9.16. The van der Waals surface area contributed by atoms with E-state index >= 15 is 0 Å². The van der Waals surface area contributed by atoms with Crippen molar-refractivity contribution >= 4 is 5.91 Å². The predicted molar refractivity (Wildman–Crippen MR) is 109 cm³/mol. The Hall–Kier alpha value is -3.73. The first-order chi connectivity index (χ1) is 13.8. The second-order valence-corrected chi connectivity index (χ2v) is 6.46. The number of carbonyl (C=O) groups excluding carboxylic acids is 1. The van der Waals surface area contributed by atoms with Crippen molar-refractivity contribution in [3.63, 3.8) is 0 Å². The number of nitrogens with zero attached hydrogens (tertiary/aromatic N) is 3. The molecule has 0 aliphatic rings. The van der Waals surface area contributed by atoms with Gasteiger partial charge in [-0.05, 0) is 11.1 Å². The van der Waals surface area contributed by atoms with Crippen LogP contribution in [0.25, 0.3) is 11.3 Å². The second-order valence-electron chi connectivity index (χ2n) is 6.46. The summed E-state index contributed by atoms with van der Waals surface area (Å²) in [6.45, 7) is 0.990. The standard InChI is InChI=1S/C23H20N4O/c28-23(24-16-18-10-4-1-5-11-18)21-22(20-14-8-3-9-15-20)27(26-25-21)17-19-12-6-2-7-13-19/h1-15H,16-17H2,(H,24,28). The molecule has 5 heteroatoms. The molecule has 0 radical (unpaired) electrons. The SMILES string of the molecule is O=C(NCc1ccccc1)c1nnn(Cc2ccccc2)c1-c1ccccc1. The molecule has 0 unspecified atom stereocenters. The Labute approximate surface area is 163 Å². The van der Waals surface area contributed by atoms with Crippen LogP contribution in [0.1, 0.15) is 21.6 Å². The fourth-order valence-electron chi connectivity index (χ4n) is 3.08. The number of amides is 1. The zero-order valence-electron chi connectivity index (χ0n) is 15.3. The number of benzene rings is 3. The maximum atomic E-state index is 12.9. The molecule has 0 saturated heterocycles. The topological polar surface area (TPSA) is 59.8 Å². The van der Waals surface area contributed by atoms with E-state index in [-0.39, 0.29) is 5.91 Å². The van der Waals surface area contributed by atoms with E-state index in [1.54, 1.807) is 4.68 Å². The fraction of sp³-hybridized carbons (Fsp3) is 0.0870. The number of nitrogens with one attached hydrogen (secondary N) is 1. The summed E-state index contributed by atoms with van der Waals surface area (Å²) >= 11 is 0. The smallest absolute Gasteiger partial charge is 0.274 e. The molecule has 0 saturated carbocycles. The Morgan fingerprint density at radius 2 is 1.36 bits per heavy atom. The van der Waals surface area contributed by atoms with E-state index in [1.165, 1.54) is 0 Å². The van der Waals surface area contributed by atoms with Crippen molar-refractivity contribution in [2.24, 2.45) is 0 Å². The average Bonchev–Trinajstić information content (AvgIpc) is 3.17. The molecule has 0 spiro atoms. The first kappa shape index (κ1) is 17.7. The van der Waals surface area contributed by atoms with Crippen molar-refractivity contribution in [3.05, 3.63) is 108 Å². The molecule has 1 amide bonds. The molecular weight excluding hydrogens is 348 g/mol. The van der Waals surface area contributed by atoms with Gasteiger partial charge in [-0.15, -0.1) is 5.10 Å². The molecule has 1 heterocycles. The molecule has 0 atom stereocenters. The number of hydrogen-bond acceptors (Lipinski definition) is 3. The second kappa shape index (κ2) is 8.31. The van der Waals surface area contributed by atoms with Gasteiger partial charge in [0.25, 0.3) is 5.91 Å². The third-order valence-corrected chi connectivity index (χ3v) is 4.47. The molecule has 3 aromatic carbocycles. The average molecular weight is 368 g/mol. The third kappa shape index (κ3) is 3.99. The highest BCUT2D eigenvalue weighted by Crippen LogP contribution is 2.23. The number of carbonyl (C=O) groups is 1. The van der Waals surface area contributed by atoms with Crippen LogP contribution in [0.5, 0.6) is 0 Å². The molecule has 1 aromatic heterocycles. The molecular formula is C23H20N4O. The maximum absolute atomic E-state index is 12.9. The number of rotatable bonds is 6. The van der Waals surface area contributed by atoms with Crippen molar-refractivity contribution in [2.75, 3.05) is 0 Å². The minimum atomic E-state index is -0.234. The van der Waals surface area contributed by atoms with Gasteiger partial charge in [-0.2, -0.15) is 0 Å². The van der Waals surface area contributed by atoms with E-state index in [4.69, 9.17) is 0 Å². The zero-order chi connectivity index (χ0) is 19.2. The van der Waals surface area contributed by atoms with Gasteiger partial charge in [0.05, 0.1) is 6.54 Å². The Morgan fingerprint density at radius 3 is 2.00 bits per heavy atom. The minimum absolute atomic E-state index is 0.234. The summed E-state index contributed by atoms with van der Waals surface area (Å²) in [6, 6.07) is 29.6. The van der Waals surface area contributed by atoms with Gasteiger partial charge in [0.2, 0.25) is 0 Å². The van der Waals surface area contributed by atoms with E-state index in [9.17, 15) is 4.79 Å². The summed E-state index contributed by atoms with van der Waals surface area (Å²) in [4.78, 5) is 12.9. The lowest BCUT2D eigenvalue weighted by Crippen LogP contribution is -2.24. The third-order valence-electron chi connectivity index (χ3n) is 4.47. The number of hydrogen-bond donors (Lipinski definition) is 1. The molecule has 138 valence electrons. The Morgan fingerprint density at radius 1 is 0.786 bits per heavy atom. The van der Waals surface area contributed by atoms with Gasteiger partial charge in [0, 0.05) is 12.1 Å². The lowest BCUT2D eigenvalue weighted by Gasteiger charge is -2.09. The van der Waals surface area contributed by atoms with Gasteiger partial charge in [-0.3, -0.25) is 4.79 Å². The van der Waals surface area contributed by atoms with Crippen LogP contribution in [0, 0.1) is 0 Å². The minimum Gasteiger partial charge on any atom is -0.346 e. The molecule has 0 aliphatic carbocycles. The van der Waals surface area contributed by atoms with Crippen LogP contribution >= 0.6 is 0 Å². The quantitative estimate of drug-likeness (QED) is 0.561. The van der Waals surface area contributed by atoms with E-state index < -0.39 is 0 Å². The van der Waals surface area contributed by atoms with Crippen LogP contribution in [0.4, 0.5) is 0 Å². The highest BCUT2D eigenvalue weighted by molar-refractivity contribution is 5.98. The van der Waals surface area contributed by atoms with Crippen molar-refractivity contribution in [2.45, 2.75) is 13.1 Å². The Kier molecular flexibility index (Phi) is 5.24. The number of aromatic nitrogens is 3. The predicted octanol–water partition coefficient (Wildman–Crippen LogP) is 3.92. The van der Waals surface area contributed by atoms with Gasteiger partial charge in [-0.1, -0.05) is 96.2 Å². The summed E-state index contributed by atoms with van der Waals surface area (Å²) < 4.78 is 1.78. The van der Waals surface area contributed by atoms with Crippen LogP contribution in [0.3, 0.4) is 0 Å². The first-order valence-corrected chi connectivity index (χ1v) is 9.16. The monoisotopic (exact) mass is 368 g/mol. The van der Waals surface area contributed by atoms with Gasteiger partial charge in [-0.25, -0.2) is 4.68 Å². The van der Waals surface area contributed by atoms with Gasteiger partial charge >= 0.3 is 0 Å². The maximum Gasteiger partial charge on any atom is 0.274 e. The molecule has 28 heavy (non-hydrogen) atoms. The van der Waals surface area contributed by atoms with E-state index in [0.717, 1.165) is 22.4 Å². The van der Waals surface area contributed by atoms with Gasteiger partial charge < -0.3 is 5.32 Å². The van der Waals surface area contributed by atoms with Gasteiger partial charge in [0.1, 0.15) is 5.69 Å². The molecule has 5 nitrogen and oxygen atoms in total. The van der Waals surface area contributed by atoms with Crippen LogP contribution in [0.15, 0.2) is 91.0 Å². The van der Waals surface area contributed by atoms with E-state index in [0.29, 0.717) is 18.8 Å². The summed E-state index contributed by atoms with van der Waals surface area (Å²) in [5.74, 6) is -0.234. The zero-order valence-corrected chi connectivity index (χ0v) is 15.3. The molecule has 0 aliphatic heterocycles. The summed E-state index contributed by atoms with van der Waals surface area (Å²) in [6.07, 6.45) is 0. The highest BCUT2D eigenvalue weighted by Gasteiger charge is 2.21. The van der Waals surface area contributed by atoms with E-state index in [2.05, 4.69) is 15.6 Å². The highest BCUT2D eigenvalue weighted by atomic mass is 16.2. The van der Waals surface area contributed by atoms with E-state index in [1.807, 2.05) is 91.0 Å². The van der Waals surface area contributed by atoms with Crippen LogP contribution in [0.2, 0.25) is 0 Å². The Balaban J connectivity index is 1.64. The Bertz CT molecular complexity index is 1040.